The molecule has 0 radical (unpaired) electrons. The summed E-state index contributed by atoms with van der Waals surface area (Å²) in [6, 6.07) is 7.45. The molecule has 0 bridgehead atoms. The van der Waals surface area contributed by atoms with E-state index < -0.39 is 23.3 Å². The summed E-state index contributed by atoms with van der Waals surface area (Å²) in [6.07, 6.45) is 5.81. The van der Waals surface area contributed by atoms with Crippen molar-refractivity contribution in [3.8, 4) is 11.4 Å². The van der Waals surface area contributed by atoms with Gasteiger partial charge in [-0.3, -0.25) is 0 Å². The number of nitrogens with two attached hydrogens (primary N) is 1. The number of benzene rings is 2. The summed E-state index contributed by atoms with van der Waals surface area (Å²) in [5.41, 5.74) is 7.98. The van der Waals surface area contributed by atoms with Crippen LogP contribution in [-0.2, 0) is 17.8 Å². The average Bonchev–Trinajstić information content (AvgIpc) is 3.72. The van der Waals surface area contributed by atoms with Gasteiger partial charge in [-0.15, -0.1) is 0 Å². The van der Waals surface area contributed by atoms with Gasteiger partial charge in [0.1, 0.15) is 51.5 Å². The molecule has 51 heavy (non-hydrogen) atoms. The van der Waals surface area contributed by atoms with Crippen molar-refractivity contribution in [2.45, 2.75) is 13.1 Å². The second-order valence-electron chi connectivity index (χ2n) is 11.1. The molecule has 0 unspecified atom stereocenters. The lowest BCUT2D eigenvalue weighted by Gasteiger charge is -2.27. The van der Waals surface area contributed by atoms with Crippen LogP contribution in [0.15, 0.2) is 61.4 Å². The number of hydrogen-bond donors (Lipinski definition) is 1. The molecule has 0 saturated carbocycles. The normalized spacial score (nSPS) is 13.1. The third-order valence-electron chi connectivity index (χ3n) is 7.83. The number of morpholine rings is 1. The fourth-order valence-corrected chi connectivity index (χ4v) is 5.72. The summed E-state index contributed by atoms with van der Waals surface area (Å²) >= 11 is 11.6. The summed E-state index contributed by atoms with van der Waals surface area (Å²) < 4.78 is 64.2. The van der Waals surface area contributed by atoms with E-state index in [0.717, 1.165) is 0 Å². The van der Waals surface area contributed by atoms with Crippen molar-refractivity contribution < 1.29 is 22.3 Å². The number of aromatic nitrogens is 10. The summed E-state index contributed by atoms with van der Waals surface area (Å²) in [6.45, 7) is 2.21. The third kappa shape index (κ3) is 7.08. The van der Waals surface area contributed by atoms with Crippen molar-refractivity contribution in [3.63, 3.8) is 0 Å². The minimum Gasteiger partial charge on any atom is -0.382 e. The van der Waals surface area contributed by atoms with E-state index >= 15 is 0 Å². The molecule has 5 aromatic heterocycles. The van der Waals surface area contributed by atoms with Crippen LogP contribution in [0.3, 0.4) is 0 Å². The van der Waals surface area contributed by atoms with Crippen LogP contribution in [0.2, 0.25) is 10.4 Å². The molecule has 1 aliphatic heterocycles. The Morgan fingerprint density at radius 1 is 0.686 bits per heavy atom. The lowest BCUT2D eigenvalue weighted by Crippen LogP contribution is -2.37. The number of rotatable bonds is 6. The first-order valence-electron chi connectivity index (χ1n) is 15.2. The number of hydrogen-bond acceptors (Lipinski definition) is 11. The molecule has 260 valence electrons. The molecule has 0 amide bonds. The van der Waals surface area contributed by atoms with Crippen LogP contribution < -0.4 is 10.6 Å². The number of nitrogen functional groups attached to an aromatic ring is 1. The zero-order chi connectivity index (χ0) is 35.6. The molecule has 19 heteroatoms. The summed E-state index contributed by atoms with van der Waals surface area (Å²) in [4.78, 5) is 35.9. The van der Waals surface area contributed by atoms with Gasteiger partial charge in [0.2, 0.25) is 11.2 Å². The van der Waals surface area contributed by atoms with E-state index in [2.05, 4.69) is 39.9 Å². The van der Waals surface area contributed by atoms with Gasteiger partial charge < -0.3 is 24.5 Å². The molecule has 1 fully saturated rings. The van der Waals surface area contributed by atoms with E-state index in [0.29, 0.717) is 66.0 Å². The molecule has 7 aromatic rings. The van der Waals surface area contributed by atoms with Gasteiger partial charge in [0.25, 0.3) is 0 Å². The number of nitrogens with zero attached hydrogens (tertiary/aromatic N) is 11. The highest BCUT2D eigenvalue weighted by Gasteiger charge is 2.22. The number of imidazole rings is 2. The topological polar surface area (TPSA) is 151 Å². The Balaban J connectivity index is 0.000000175. The van der Waals surface area contributed by atoms with Crippen LogP contribution in [0.5, 0.6) is 0 Å². The van der Waals surface area contributed by atoms with Gasteiger partial charge in [0.05, 0.1) is 51.4 Å². The number of halogens is 6. The monoisotopic (exact) mass is 738 g/mol. The van der Waals surface area contributed by atoms with Crippen molar-refractivity contribution in [2.75, 3.05) is 36.9 Å². The van der Waals surface area contributed by atoms with Crippen molar-refractivity contribution >= 4 is 57.3 Å². The molecule has 0 atom stereocenters. The number of fused-ring (bicyclic) bond motifs is 2. The molecule has 1 saturated heterocycles. The Hall–Kier alpha value is -5.52. The van der Waals surface area contributed by atoms with E-state index in [1.807, 2.05) is 4.90 Å². The second-order valence-corrected chi connectivity index (χ2v) is 11.8. The summed E-state index contributed by atoms with van der Waals surface area (Å²) in [5, 5.41) is 0.0333. The lowest BCUT2D eigenvalue weighted by molar-refractivity contribution is 0.122. The van der Waals surface area contributed by atoms with E-state index in [1.165, 1.54) is 66.0 Å². The van der Waals surface area contributed by atoms with Crippen LogP contribution in [0, 0.1) is 23.3 Å². The van der Waals surface area contributed by atoms with Gasteiger partial charge in [0.15, 0.2) is 16.4 Å². The Morgan fingerprint density at radius 3 is 1.82 bits per heavy atom. The molecular weight excluding hydrogens is 715 g/mol. The van der Waals surface area contributed by atoms with Gasteiger partial charge in [-0.25, -0.2) is 47.5 Å². The van der Waals surface area contributed by atoms with Crippen LogP contribution >= 0.6 is 23.2 Å². The van der Waals surface area contributed by atoms with E-state index in [-0.39, 0.29) is 40.5 Å². The molecule has 2 N–H and O–H groups in total. The van der Waals surface area contributed by atoms with Crippen LogP contribution in [0.4, 0.5) is 29.3 Å². The van der Waals surface area contributed by atoms with Crippen LogP contribution in [-0.4, -0.2) is 75.3 Å². The Kier molecular flexibility index (Phi) is 9.57. The lowest BCUT2D eigenvalue weighted by atomic mass is 10.2. The van der Waals surface area contributed by atoms with Gasteiger partial charge >= 0.3 is 0 Å². The second kappa shape index (κ2) is 14.4. The predicted octanol–water partition coefficient (Wildman–Crippen LogP) is 5.49. The maximum atomic E-state index is 14.2. The van der Waals surface area contributed by atoms with Crippen LogP contribution in [0.25, 0.3) is 33.7 Å². The zero-order valence-electron chi connectivity index (χ0n) is 26.2. The average molecular weight is 740 g/mol. The Bertz CT molecular complexity index is 2330. The maximum Gasteiger partial charge on any atom is 0.228 e. The molecule has 13 nitrogen and oxygen atoms in total. The standard InChI is InChI=1S/C20H18F2N8O.C12H6Cl2F2N4/c21-13-2-1-3-14(22)12(13)10-30-11-26-18-17(15-8-25-16(23)9-24-15)27-20(28-19(18)30)29-4-6-31-7-5-29;13-10-9-11(19-12(14)18-10)20(5-17-9)4-6-7(15)2-1-3-8(6)16/h1-3,8-9,11H,4-7,10H2,(H2,23,25);1-3,5H,4H2. The molecule has 2 aromatic carbocycles. The van der Waals surface area contributed by atoms with Crippen molar-refractivity contribution in [3.05, 3.63) is 106 Å². The molecule has 1 aliphatic rings. The molecule has 0 aliphatic carbocycles. The first-order chi connectivity index (χ1) is 24.7. The highest BCUT2D eigenvalue weighted by atomic mass is 35.5. The predicted molar refractivity (Wildman–Crippen MR) is 180 cm³/mol. The van der Waals surface area contributed by atoms with Crippen molar-refractivity contribution in [2.24, 2.45) is 0 Å². The highest BCUT2D eigenvalue weighted by molar-refractivity contribution is 6.35. The number of ether oxygens (including phenoxy) is 1. The zero-order valence-corrected chi connectivity index (χ0v) is 27.7. The van der Waals surface area contributed by atoms with Gasteiger partial charge in [0, 0.05) is 24.2 Å². The minimum atomic E-state index is -0.641. The fourth-order valence-electron chi connectivity index (χ4n) is 5.30. The summed E-state index contributed by atoms with van der Waals surface area (Å²) in [7, 11) is 0. The van der Waals surface area contributed by atoms with E-state index in [1.54, 1.807) is 4.57 Å². The Morgan fingerprint density at radius 2 is 1.25 bits per heavy atom. The van der Waals surface area contributed by atoms with E-state index in [4.69, 9.17) is 33.7 Å². The van der Waals surface area contributed by atoms with Crippen molar-refractivity contribution in [1.29, 1.82) is 0 Å². The van der Waals surface area contributed by atoms with Gasteiger partial charge in [-0.1, -0.05) is 23.7 Å². The highest BCUT2D eigenvalue weighted by Crippen LogP contribution is 2.28. The molecular formula is C32H24Cl2F4N12O. The first kappa shape index (κ1) is 34.0. The van der Waals surface area contributed by atoms with Crippen molar-refractivity contribution in [1.82, 2.24) is 49.0 Å². The number of anilines is 2. The maximum absolute atomic E-state index is 14.2. The Labute approximate surface area is 295 Å². The van der Waals surface area contributed by atoms with Gasteiger partial charge in [-0.2, -0.15) is 9.97 Å². The van der Waals surface area contributed by atoms with E-state index in [9.17, 15) is 17.6 Å². The summed E-state index contributed by atoms with van der Waals surface area (Å²) in [5.74, 6) is -1.80. The fraction of sp³-hybridized carbons (Fsp3) is 0.188. The third-order valence-corrected chi connectivity index (χ3v) is 8.27. The SMILES string of the molecule is Fc1cccc(F)c1Cn1cnc2c(Cl)nc(Cl)nc21.Nc1cnc(-c2nc(N3CCOCC3)nc3c2ncn3Cc2c(F)cccc2F)cn1. The van der Waals surface area contributed by atoms with Crippen LogP contribution in [0.1, 0.15) is 11.1 Å². The van der Waals surface area contributed by atoms with Gasteiger partial charge in [-0.05, 0) is 35.9 Å². The smallest absolute Gasteiger partial charge is 0.228 e. The molecule has 8 rings (SSSR count). The minimum absolute atomic E-state index is 0.0572. The molecule has 0 spiro atoms. The molecule has 6 heterocycles. The largest absolute Gasteiger partial charge is 0.382 e. The quantitative estimate of drug-likeness (QED) is 0.131. The first-order valence-corrected chi connectivity index (χ1v) is 15.9.